The third-order valence-corrected chi connectivity index (χ3v) is 3.74. The normalized spacial score (nSPS) is 11.8. The lowest BCUT2D eigenvalue weighted by Crippen LogP contribution is -2.42. The summed E-state index contributed by atoms with van der Waals surface area (Å²) >= 11 is 5.83. The minimum atomic E-state index is -0.716. The van der Waals surface area contributed by atoms with Gasteiger partial charge in [0.15, 0.2) is 0 Å². The summed E-state index contributed by atoms with van der Waals surface area (Å²) in [6.45, 7) is 4.03. The highest BCUT2D eigenvalue weighted by Gasteiger charge is 2.24. The maximum absolute atomic E-state index is 12.4. The summed E-state index contributed by atoms with van der Waals surface area (Å²) in [5, 5.41) is 3.29. The van der Waals surface area contributed by atoms with Crippen molar-refractivity contribution in [2.75, 3.05) is 0 Å². The number of esters is 1. The Kier molecular flexibility index (Phi) is 6.95. The van der Waals surface area contributed by atoms with Crippen LogP contribution in [0.1, 0.15) is 36.3 Å². The van der Waals surface area contributed by atoms with Gasteiger partial charge in [-0.2, -0.15) is 0 Å². The third-order valence-electron chi connectivity index (χ3n) is 3.49. The molecule has 0 fully saturated rings. The van der Waals surface area contributed by atoms with Gasteiger partial charge in [0.05, 0.1) is 5.69 Å². The van der Waals surface area contributed by atoms with Crippen LogP contribution in [0.15, 0.2) is 48.7 Å². The Hall–Kier alpha value is -2.40. The first-order valence-electron chi connectivity index (χ1n) is 8.08. The first-order chi connectivity index (χ1) is 12.0. The highest BCUT2D eigenvalue weighted by Crippen LogP contribution is 2.12. The zero-order valence-electron chi connectivity index (χ0n) is 14.2. The first kappa shape index (κ1) is 18.9. The van der Waals surface area contributed by atoms with Crippen LogP contribution in [0.25, 0.3) is 0 Å². The number of aromatic nitrogens is 1. The van der Waals surface area contributed by atoms with Crippen molar-refractivity contribution < 1.29 is 14.3 Å². The average molecular weight is 361 g/mol. The van der Waals surface area contributed by atoms with Crippen LogP contribution in [0.4, 0.5) is 0 Å². The summed E-state index contributed by atoms with van der Waals surface area (Å²) in [7, 11) is 0. The van der Waals surface area contributed by atoms with E-state index < -0.39 is 12.0 Å². The summed E-state index contributed by atoms with van der Waals surface area (Å²) in [4.78, 5) is 28.9. The van der Waals surface area contributed by atoms with Gasteiger partial charge in [0.2, 0.25) is 0 Å². The Morgan fingerprint density at radius 3 is 2.48 bits per heavy atom. The molecular formula is C19H21ClN2O3. The second kappa shape index (κ2) is 9.18. The molecule has 1 N–H and O–H groups in total. The van der Waals surface area contributed by atoms with Gasteiger partial charge in [0.1, 0.15) is 12.6 Å². The van der Waals surface area contributed by atoms with Crippen molar-refractivity contribution in [1.29, 1.82) is 0 Å². The number of nitrogens with zero attached hydrogens (tertiary/aromatic N) is 1. The van der Waals surface area contributed by atoms with Crippen LogP contribution in [0.2, 0.25) is 5.02 Å². The molecule has 1 atom stereocenters. The number of amides is 1. The fourth-order valence-electron chi connectivity index (χ4n) is 2.26. The van der Waals surface area contributed by atoms with Gasteiger partial charge in [-0.15, -0.1) is 0 Å². The van der Waals surface area contributed by atoms with Crippen molar-refractivity contribution in [3.8, 4) is 0 Å². The third kappa shape index (κ3) is 6.19. The number of carbonyl (C=O) groups is 2. The summed E-state index contributed by atoms with van der Waals surface area (Å²) in [5.74, 6) is -0.586. The van der Waals surface area contributed by atoms with Gasteiger partial charge in [-0.25, -0.2) is 4.79 Å². The van der Waals surface area contributed by atoms with Crippen LogP contribution in [0.5, 0.6) is 0 Å². The minimum absolute atomic E-state index is 0.0745. The van der Waals surface area contributed by atoms with E-state index >= 15 is 0 Å². The van der Waals surface area contributed by atoms with Crippen molar-refractivity contribution >= 4 is 23.5 Å². The van der Waals surface area contributed by atoms with Gasteiger partial charge < -0.3 is 10.1 Å². The molecule has 2 rings (SSSR count). The molecule has 1 aromatic heterocycles. The SMILES string of the molecule is CC(C)CC(NC(=O)c1ccc(Cl)cc1)C(=O)OCc1ccccn1. The molecule has 0 saturated heterocycles. The second-order valence-corrected chi connectivity index (χ2v) is 6.53. The van der Waals surface area contributed by atoms with Crippen LogP contribution in [0.3, 0.4) is 0 Å². The largest absolute Gasteiger partial charge is 0.458 e. The van der Waals surface area contributed by atoms with Gasteiger partial charge >= 0.3 is 5.97 Å². The molecular weight excluding hydrogens is 340 g/mol. The van der Waals surface area contributed by atoms with Gasteiger partial charge in [-0.05, 0) is 48.7 Å². The van der Waals surface area contributed by atoms with E-state index in [0.29, 0.717) is 22.7 Å². The van der Waals surface area contributed by atoms with E-state index in [-0.39, 0.29) is 18.4 Å². The molecule has 0 saturated carbocycles. The van der Waals surface area contributed by atoms with E-state index in [1.165, 1.54) is 0 Å². The van der Waals surface area contributed by atoms with Crippen molar-refractivity contribution in [2.45, 2.75) is 32.9 Å². The lowest BCUT2D eigenvalue weighted by atomic mass is 10.0. The molecule has 1 amide bonds. The zero-order chi connectivity index (χ0) is 18.2. The molecule has 0 bridgehead atoms. The number of ether oxygens (including phenoxy) is 1. The fourth-order valence-corrected chi connectivity index (χ4v) is 2.38. The minimum Gasteiger partial charge on any atom is -0.458 e. The maximum Gasteiger partial charge on any atom is 0.329 e. The number of carbonyl (C=O) groups excluding carboxylic acids is 2. The summed E-state index contributed by atoms with van der Waals surface area (Å²) < 4.78 is 5.31. The van der Waals surface area contributed by atoms with Gasteiger partial charge in [-0.3, -0.25) is 9.78 Å². The number of benzene rings is 1. The quantitative estimate of drug-likeness (QED) is 0.766. The van der Waals surface area contributed by atoms with Crippen molar-refractivity contribution in [3.05, 3.63) is 64.9 Å². The number of hydrogen-bond donors (Lipinski definition) is 1. The number of rotatable bonds is 7. The van der Waals surface area contributed by atoms with Crippen LogP contribution in [-0.2, 0) is 16.1 Å². The Balaban J connectivity index is 2.00. The van der Waals surface area contributed by atoms with Gasteiger partial charge in [0, 0.05) is 16.8 Å². The molecule has 0 aliphatic heterocycles. The van der Waals surface area contributed by atoms with E-state index in [4.69, 9.17) is 16.3 Å². The summed E-state index contributed by atoms with van der Waals surface area (Å²) in [6.07, 6.45) is 2.12. The molecule has 1 heterocycles. The van der Waals surface area contributed by atoms with Gasteiger partial charge in [0.25, 0.3) is 5.91 Å². The van der Waals surface area contributed by atoms with Crippen LogP contribution >= 0.6 is 11.6 Å². The second-order valence-electron chi connectivity index (χ2n) is 6.09. The monoisotopic (exact) mass is 360 g/mol. The van der Waals surface area contributed by atoms with Crippen molar-refractivity contribution in [2.24, 2.45) is 5.92 Å². The first-order valence-corrected chi connectivity index (χ1v) is 8.46. The lowest BCUT2D eigenvalue weighted by molar-refractivity contribution is -0.147. The number of nitrogens with one attached hydrogen (secondary N) is 1. The number of hydrogen-bond acceptors (Lipinski definition) is 4. The smallest absolute Gasteiger partial charge is 0.329 e. The average Bonchev–Trinajstić information content (AvgIpc) is 2.60. The molecule has 5 nitrogen and oxygen atoms in total. The van der Waals surface area contributed by atoms with Gasteiger partial charge in [-0.1, -0.05) is 31.5 Å². The topological polar surface area (TPSA) is 68.3 Å². The predicted molar refractivity (Wildman–Crippen MR) is 96.2 cm³/mol. The molecule has 1 unspecified atom stereocenters. The highest BCUT2D eigenvalue weighted by molar-refractivity contribution is 6.30. The molecule has 0 radical (unpaired) electrons. The molecule has 1 aromatic carbocycles. The fraction of sp³-hybridized carbons (Fsp3) is 0.316. The number of pyridine rings is 1. The van der Waals surface area contributed by atoms with Crippen LogP contribution in [-0.4, -0.2) is 22.9 Å². The molecule has 25 heavy (non-hydrogen) atoms. The molecule has 6 heteroatoms. The Morgan fingerprint density at radius 1 is 1.16 bits per heavy atom. The van der Waals surface area contributed by atoms with E-state index in [0.717, 1.165) is 0 Å². The van der Waals surface area contributed by atoms with Crippen molar-refractivity contribution in [3.63, 3.8) is 0 Å². The molecule has 132 valence electrons. The van der Waals surface area contributed by atoms with Crippen LogP contribution in [0, 0.1) is 5.92 Å². The van der Waals surface area contributed by atoms with E-state index in [1.54, 1.807) is 42.6 Å². The number of halogens is 1. The zero-order valence-corrected chi connectivity index (χ0v) is 15.0. The highest BCUT2D eigenvalue weighted by atomic mass is 35.5. The Labute approximate surface area is 152 Å². The molecule has 0 spiro atoms. The van der Waals surface area contributed by atoms with E-state index in [2.05, 4.69) is 10.3 Å². The van der Waals surface area contributed by atoms with E-state index in [1.807, 2.05) is 19.9 Å². The molecule has 2 aromatic rings. The van der Waals surface area contributed by atoms with E-state index in [9.17, 15) is 9.59 Å². The van der Waals surface area contributed by atoms with Crippen LogP contribution < -0.4 is 5.32 Å². The summed E-state index contributed by atoms with van der Waals surface area (Å²) in [6, 6.07) is 11.2. The van der Waals surface area contributed by atoms with Crippen molar-refractivity contribution in [1.82, 2.24) is 10.3 Å². The Bertz CT molecular complexity index is 702. The molecule has 0 aliphatic rings. The lowest BCUT2D eigenvalue weighted by Gasteiger charge is -2.19. The summed E-state index contributed by atoms with van der Waals surface area (Å²) in [5.41, 5.74) is 1.10. The Morgan fingerprint density at radius 2 is 1.88 bits per heavy atom. The predicted octanol–water partition coefficient (Wildman–Crippen LogP) is 3.62. The molecule has 0 aliphatic carbocycles. The maximum atomic E-state index is 12.4. The standard InChI is InChI=1S/C19H21ClN2O3/c1-13(2)11-17(19(24)25-12-16-5-3-4-10-21-16)22-18(23)14-6-8-15(20)9-7-14/h3-10,13,17H,11-12H2,1-2H3,(H,22,23).